The first-order valence-corrected chi connectivity index (χ1v) is 7.47. The summed E-state index contributed by atoms with van der Waals surface area (Å²) in [5.74, 6) is -3.90. The maximum absolute atomic E-state index is 13.6. The highest BCUT2D eigenvalue weighted by Gasteiger charge is 2.22. The number of nitrogens with one attached hydrogen (secondary N) is 1. The molecule has 10 heteroatoms. The lowest BCUT2D eigenvalue weighted by Gasteiger charge is -2.14. The zero-order chi connectivity index (χ0) is 19.4. The second kappa shape index (κ2) is 7.87. The zero-order valence-corrected chi connectivity index (χ0v) is 13.9. The molecule has 0 aromatic heterocycles. The van der Waals surface area contributed by atoms with Crippen molar-refractivity contribution >= 4 is 34.9 Å². The lowest BCUT2D eigenvalue weighted by Crippen LogP contribution is -2.30. The summed E-state index contributed by atoms with van der Waals surface area (Å²) < 4.78 is 31.7. The van der Waals surface area contributed by atoms with Gasteiger partial charge in [-0.25, -0.2) is 9.18 Å². The van der Waals surface area contributed by atoms with Crippen molar-refractivity contribution in [1.29, 1.82) is 0 Å². The minimum atomic E-state index is -1.36. The Hall–Kier alpha value is -3.07. The van der Waals surface area contributed by atoms with Crippen molar-refractivity contribution in [3.8, 4) is 0 Å². The maximum Gasteiger partial charge on any atom is 0.341 e. The summed E-state index contributed by atoms with van der Waals surface area (Å²) in [6.45, 7) is 1.22. The van der Waals surface area contributed by atoms with Crippen LogP contribution < -0.4 is 5.32 Å². The molecular weight excluding hydrogens is 374 g/mol. The number of hydrogen-bond acceptors (Lipinski definition) is 5. The highest BCUT2D eigenvalue weighted by molar-refractivity contribution is 6.30. The monoisotopic (exact) mass is 384 g/mol. The van der Waals surface area contributed by atoms with E-state index >= 15 is 0 Å². The van der Waals surface area contributed by atoms with Gasteiger partial charge in [0.15, 0.2) is 6.10 Å². The Labute approximate surface area is 150 Å². The van der Waals surface area contributed by atoms with E-state index in [-0.39, 0.29) is 10.7 Å². The van der Waals surface area contributed by atoms with Crippen LogP contribution in [0.4, 0.5) is 20.2 Å². The lowest BCUT2D eigenvalue weighted by molar-refractivity contribution is -0.387. The number of hydrogen-bond donors (Lipinski definition) is 1. The average Bonchev–Trinajstić information content (AvgIpc) is 2.58. The first-order chi connectivity index (χ1) is 12.2. The van der Waals surface area contributed by atoms with Crippen LogP contribution in [-0.4, -0.2) is 22.9 Å². The molecule has 0 heterocycles. The molecule has 26 heavy (non-hydrogen) atoms. The number of ether oxygens (including phenoxy) is 1. The van der Waals surface area contributed by atoms with Gasteiger partial charge in [-0.15, -0.1) is 0 Å². The fraction of sp³-hybridized carbons (Fsp3) is 0.125. The SMILES string of the molecule is CC(OC(=O)c1cc(Cl)ccc1F)C(=O)Nc1ccc(F)c([N+](=O)[O-])c1. The van der Waals surface area contributed by atoms with Crippen molar-refractivity contribution in [3.05, 3.63) is 68.7 Å². The molecule has 0 radical (unpaired) electrons. The second-order valence-corrected chi connectivity index (χ2v) is 5.52. The Morgan fingerprint density at radius 3 is 2.50 bits per heavy atom. The van der Waals surface area contributed by atoms with Gasteiger partial charge in [0.1, 0.15) is 5.82 Å². The number of nitro benzene ring substituents is 1. The Bertz CT molecular complexity index is 891. The lowest BCUT2D eigenvalue weighted by atomic mass is 10.2. The number of nitro groups is 1. The Balaban J connectivity index is 2.08. The summed E-state index contributed by atoms with van der Waals surface area (Å²) in [5.41, 5.74) is -1.34. The van der Waals surface area contributed by atoms with Crippen molar-refractivity contribution < 1.29 is 28.0 Å². The Kier molecular flexibility index (Phi) is 5.83. The van der Waals surface area contributed by atoms with Gasteiger partial charge in [-0.2, -0.15) is 4.39 Å². The summed E-state index contributed by atoms with van der Waals surface area (Å²) in [4.78, 5) is 33.7. The van der Waals surface area contributed by atoms with E-state index < -0.39 is 45.8 Å². The maximum atomic E-state index is 13.6. The Morgan fingerprint density at radius 1 is 1.19 bits per heavy atom. The third-order valence-corrected chi connectivity index (χ3v) is 3.45. The van der Waals surface area contributed by atoms with Gasteiger partial charge in [0.05, 0.1) is 10.5 Å². The average molecular weight is 385 g/mol. The van der Waals surface area contributed by atoms with Gasteiger partial charge in [-0.1, -0.05) is 11.6 Å². The van der Waals surface area contributed by atoms with Crippen molar-refractivity contribution in [2.45, 2.75) is 13.0 Å². The molecule has 0 fully saturated rings. The van der Waals surface area contributed by atoms with Crippen LogP contribution in [0.15, 0.2) is 36.4 Å². The minimum absolute atomic E-state index is 0.0695. The third kappa shape index (κ3) is 4.51. The van der Waals surface area contributed by atoms with E-state index in [4.69, 9.17) is 16.3 Å². The molecule has 0 aliphatic rings. The van der Waals surface area contributed by atoms with E-state index in [9.17, 15) is 28.5 Å². The first kappa shape index (κ1) is 19.3. The molecule has 0 saturated heterocycles. The van der Waals surface area contributed by atoms with Crippen molar-refractivity contribution in [3.63, 3.8) is 0 Å². The fourth-order valence-electron chi connectivity index (χ4n) is 1.91. The standard InChI is InChI=1S/C16H11ClF2N2O5/c1-8(26-16(23)11-6-9(17)2-4-12(11)18)15(22)20-10-3-5-13(19)14(7-10)21(24)25/h2-8H,1H3,(H,20,22). The van der Waals surface area contributed by atoms with Crippen LogP contribution in [0.2, 0.25) is 5.02 Å². The van der Waals surface area contributed by atoms with Crippen molar-refractivity contribution in [2.75, 3.05) is 5.32 Å². The molecule has 0 aliphatic carbocycles. The van der Waals surface area contributed by atoms with E-state index in [1.165, 1.54) is 13.0 Å². The molecule has 0 saturated carbocycles. The van der Waals surface area contributed by atoms with Crippen LogP contribution in [0.25, 0.3) is 0 Å². The van der Waals surface area contributed by atoms with Crippen molar-refractivity contribution in [1.82, 2.24) is 0 Å². The van der Waals surface area contributed by atoms with Gasteiger partial charge in [0.25, 0.3) is 5.91 Å². The number of halogens is 3. The highest BCUT2D eigenvalue weighted by Crippen LogP contribution is 2.22. The normalized spacial score (nSPS) is 11.5. The molecule has 1 N–H and O–H groups in total. The van der Waals surface area contributed by atoms with Crippen LogP contribution in [0, 0.1) is 21.7 Å². The summed E-state index contributed by atoms with van der Waals surface area (Å²) >= 11 is 5.68. The number of carbonyl (C=O) groups is 2. The fourth-order valence-corrected chi connectivity index (χ4v) is 2.08. The minimum Gasteiger partial charge on any atom is -0.449 e. The van der Waals surface area contributed by atoms with Crippen molar-refractivity contribution in [2.24, 2.45) is 0 Å². The van der Waals surface area contributed by atoms with Gasteiger partial charge in [0.2, 0.25) is 5.82 Å². The van der Waals surface area contributed by atoms with Gasteiger partial charge < -0.3 is 10.1 Å². The van der Waals surface area contributed by atoms with Crippen LogP contribution in [-0.2, 0) is 9.53 Å². The first-order valence-electron chi connectivity index (χ1n) is 7.10. The number of nitrogens with zero attached hydrogens (tertiary/aromatic N) is 1. The molecule has 2 aromatic carbocycles. The van der Waals surface area contributed by atoms with E-state index in [1.54, 1.807) is 0 Å². The van der Waals surface area contributed by atoms with E-state index in [0.29, 0.717) is 0 Å². The van der Waals surface area contributed by atoms with E-state index in [1.807, 2.05) is 0 Å². The summed E-state index contributed by atoms with van der Waals surface area (Å²) in [6, 6.07) is 6.00. The topological polar surface area (TPSA) is 98.5 Å². The van der Waals surface area contributed by atoms with E-state index in [0.717, 1.165) is 30.3 Å². The predicted octanol–water partition coefficient (Wildman–Crippen LogP) is 3.71. The number of carbonyl (C=O) groups excluding carboxylic acids is 2. The quantitative estimate of drug-likeness (QED) is 0.481. The molecule has 1 amide bonds. The molecular formula is C16H11ClF2N2O5. The van der Waals surface area contributed by atoms with Crippen LogP contribution >= 0.6 is 11.6 Å². The largest absolute Gasteiger partial charge is 0.449 e. The van der Waals surface area contributed by atoms with Crippen LogP contribution in [0.3, 0.4) is 0 Å². The third-order valence-electron chi connectivity index (χ3n) is 3.21. The smallest absolute Gasteiger partial charge is 0.341 e. The van der Waals surface area contributed by atoms with Gasteiger partial charge in [-0.3, -0.25) is 14.9 Å². The number of benzene rings is 2. The number of amides is 1. The molecule has 0 bridgehead atoms. The molecule has 136 valence electrons. The predicted molar refractivity (Wildman–Crippen MR) is 88.0 cm³/mol. The molecule has 2 aromatic rings. The molecule has 1 unspecified atom stereocenters. The number of rotatable bonds is 5. The summed E-state index contributed by atoms with van der Waals surface area (Å²) in [7, 11) is 0. The molecule has 0 spiro atoms. The zero-order valence-electron chi connectivity index (χ0n) is 13.2. The molecule has 0 aliphatic heterocycles. The van der Waals surface area contributed by atoms with E-state index in [2.05, 4.69) is 5.32 Å². The van der Waals surface area contributed by atoms with Gasteiger partial charge in [0, 0.05) is 16.8 Å². The Morgan fingerprint density at radius 2 is 1.85 bits per heavy atom. The van der Waals surface area contributed by atoms with Crippen LogP contribution in [0.5, 0.6) is 0 Å². The summed E-state index contributed by atoms with van der Waals surface area (Å²) in [6.07, 6.45) is -1.36. The van der Waals surface area contributed by atoms with Gasteiger partial charge in [-0.05, 0) is 37.3 Å². The number of anilines is 1. The van der Waals surface area contributed by atoms with Gasteiger partial charge >= 0.3 is 11.7 Å². The number of esters is 1. The summed E-state index contributed by atoms with van der Waals surface area (Å²) in [5, 5.41) is 13.0. The second-order valence-electron chi connectivity index (χ2n) is 5.08. The molecule has 2 rings (SSSR count). The molecule has 7 nitrogen and oxygen atoms in total. The van der Waals surface area contributed by atoms with Crippen LogP contribution in [0.1, 0.15) is 17.3 Å². The highest BCUT2D eigenvalue weighted by atomic mass is 35.5. The molecule has 1 atom stereocenters.